The number of aromatic nitrogens is 2. The maximum atomic E-state index is 9.00. The van der Waals surface area contributed by atoms with E-state index in [1.165, 1.54) is 17.7 Å². The van der Waals surface area contributed by atoms with Gasteiger partial charge in [-0.05, 0) is 39.8 Å². The number of aryl methyl sites for hydroxylation is 1. The van der Waals surface area contributed by atoms with Crippen LogP contribution in [0.2, 0.25) is 0 Å². The highest BCUT2D eigenvalue weighted by atomic mass is 16.3. The lowest BCUT2D eigenvalue weighted by Crippen LogP contribution is -2.21. The molecule has 18 heavy (non-hydrogen) atoms. The van der Waals surface area contributed by atoms with Gasteiger partial charge in [-0.25, -0.2) is 0 Å². The van der Waals surface area contributed by atoms with Crippen LogP contribution in [0.3, 0.4) is 0 Å². The molecule has 0 amide bonds. The predicted molar refractivity (Wildman–Crippen MR) is 74.6 cm³/mol. The van der Waals surface area contributed by atoms with E-state index in [0.717, 1.165) is 24.7 Å². The lowest BCUT2D eigenvalue weighted by Gasteiger charge is -2.18. The van der Waals surface area contributed by atoms with Gasteiger partial charge in [-0.1, -0.05) is 13.8 Å². The Morgan fingerprint density at radius 2 is 2.00 bits per heavy atom. The molecule has 0 aliphatic rings. The smallest absolute Gasteiger partial charge is 0.0644 e. The molecule has 0 aliphatic heterocycles. The summed E-state index contributed by atoms with van der Waals surface area (Å²) in [5, 5.41) is 13.5. The summed E-state index contributed by atoms with van der Waals surface area (Å²) in [6, 6.07) is 0. The molecule has 104 valence electrons. The molecule has 4 nitrogen and oxygen atoms in total. The van der Waals surface area contributed by atoms with Crippen molar-refractivity contribution in [2.45, 2.75) is 47.2 Å². The van der Waals surface area contributed by atoms with Crippen LogP contribution in [0.25, 0.3) is 0 Å². The van der Waals surface area contributed by atoms with E-state index in [1.807, 2.05) is 11.6 Å². The number of hydrogen-bond acceptors (Lipinski definition) is 3. The summed E-state index contributed by atoms with van der Waals surface area (Å²) in [5.74, 6) is 0.742. The SMILES string of the molecule is Cc1nn(CCO)c(C)c1CN(C)CCC(C)C. The minimum atomic E-state index is 0.143. The molecule has 0 spiro atoms. The summed E-state index contributed by atoms with van der Waals surface area (Å²) in [4.78, 5) is 2.35. The highest BCUT2D eigenvalue weighted by Crippen LogP contribution is 2.15. The second kappa shape index (κ2) is 6.90. The largest absolute Gasteiger partial charge is 0.394 e. The Labute approximate surface area is 111 Å². The van der Waals surface area contributed by atoms with Crippen LogP contribution in [0.1, 0.15) is 37.2 Å². The topological polar surface area (TPSA) is 41.3 Å². The van der Waals surface area contributed by atoms with E-state index in [-0.39, 0.29) is 6.61 Å². The Kier molecular flexibility index (Phi) is 5.82. The standard InChI is InChI=1S/C14H27N3O/c1-11(2)6-7-16(5)10-14-12(3)15-17(8-9-18)13(14)4/h11,18H,6-10H2,1-5H3. The van der Waals surface area contributed by atoms with E-state index in [9.17, 15) is 0 Å². The first-order chi connectivity index (χ1) is 8.45. The third-order valence-electron chi connectivity index (χ3n) is 3.36. The molecule has 1 rings (SSSR count). The first-order valence-corrected chi connectivity index (χ1v) is 6.78. The minimum absolute atomic E-state index is 0.143. The lowest BCUT2D eigenvalue weighted by molar-refractivity contribution is 0.267. The zero-order valence-electron chi connectivity index (χ0n) is 12.4. The van der Waals surface area contributed by atoms with Gasteiger partial charge in [-0.15, -0.1) is 0 Å². The fourth-order valence-electron chi connectivity index (χ4n) is 2.10. The number of hydrogen-bond donors (Lipinski definition) is 1. The van der Waals surface area contributed by atoms with Crippen LogP contribution >= 0.6 is 0 Å². The fourth-order valence-corrected chi connectivity index (χ4v) is 2.10. The van der Waals surface area contributed by atoms with Gasteiger partial charge < -0.3 is 10.0 Å². The van der Waals surface area contributed by atoms with Gasteiger partial charge in [0.05, 0.1) is 18.8 Å². The first-order valence-electron chi connectivity index (χ1n) is 6.78. The van der Waals surface area contributed by atoms with E-state index < -0.39 is 0 Å². The van der Waals surface area contributed by atoms with Crippen molar-refractivity contribution in [2.75, 3.05) is 20.2 Å². The summed E-state index contributed by atoms with van der Waals surface area (Å²) in [6.07, 6.45) is 1.22. The number of aliphatic hydroxyl groups is 1. The van der Waals surface area contributed by atoms with E-state index in [1.54, 1.807) is 0 Å². The molecule has 0 radical (unpaired) electrons. The van der Waals surface area contributed by atoms with Gasteiger partial charge in [0.15, 0.2) is 0 Å². The molecule has 0 aliphatic carbocycles. The van der Waals surface area contributed by atoms with E-state index in [2.05, 4.69) is 37.8 Å². The monoisotopic (exact) mass is 253 g/mol. The molecule has 1 heterocycles. The van der Waals surface area contributed by atoms with Crippen molar-refractivity contribution in [3.8, 4) is 0 Å². The van der Waals surface area contributed by atoms with Gasteiger partial charge in [-0.3, -0.25) is 4.68 Å². The summed E-state index contributed by atoms with van der Waals surface area (Å²) >= 11 is 0. The third kappa shape index (κ3) is 4.10. The van der Waals surface area contributed by atoms with Crippen molar-refractivity contribution in [1.29, 1.82) is 0 Å². The summed E-state index contributed by atoms with van der Waals surface area (Å²) in [7, 11) is 2.16. The van der Waals surface area contributed by atoms with Crippen molar-refractivity contribution in [3.05, 3.63) is 17.0 Å². The van der Waals surface area contributed by atoms with Crippen LogP contribution in [0.4, 0.5) is 0 Å². The highest BCUT2D eigenvalue weighted by Gasteiger charge is 2.13. The van der Waals surface area contributed by atoms with Crippen molar-refractivity contribution < 1.29 is 5.11 Å². The Morgan fingerprint density at radius 1 is 1.33 bits per heavy atom. The Morgan fingerprint density at radius 3 is 2.56 bits per heavy atom. The van der Waals surface area contributed by atoms with Crippen LogP contribution in [-0.4, -0.2) is 40.0 Å². The van der Waals surface area contributed by atoms with Gasteiger partial charge in [0.2, 0.25) is 0 Å². The van der Waals surface area contributed by atoms with Crippen LogP contribution < -0.4 is 0 Å². The molecule has 1 aromatic rings. The Balaban J connectivity index is 2.66. The molecule has 0 saturated carbocycles. The molecule has 4 heteroatoms. The average Bonchev–Trinajstić information content (AvgIpc) is 2.55. The van der Waals surface area contributed by atoms with Crippen LogP contribution in [0.15, 0.2) is 0 Å². The second-order valence-electron chi connectivity index (χ2n) is 5.52. The van der Waals surface area contributed by atoms with E-state index >= 15 is 0 Å². The quantitative estimate of drug-likeness (QED) is 0.808. The van der Waals surface area contributed by atoms with Crippen molar-refractivity contribution in [2.24, 2.45) is 5.92 Å². The molecule has 0 atom stereocenters. The maximum absolute atomic E-state index is 9.00. The normalized spacial score (nSPS) is 11.8. The van der Waals surface area contributed by atoms with Gasteiger partial charge in [0.25, 0.3) is 0 Å². The summed E-state index contributed by atoms with van der Waals surface area (Å²) < 4.78 is 1.90. The second-order valence-corrected chi connectivity index (χ2v) is 5.52. The highest BCUT2D eigenvalue weighted by molar-refractivity contribution is 5.24. The van der Waals surface area contributed by atoms with Crippen LogP contribution in [0, 0.1) is 19.8 Å². The first kappa shape index (κ1) is 15.2. The molecule has 1 N–H and O–H groups in total. The maximum Gasteiger partial charge on any atom is 0.0644 e. The minimum Gasteiger partial charge on any atom is -0.394 e. The Hall–Kier alpha value is -0.870. The predicted octanol–water partition coefficient (Wildman–Crippen LogP) is 1.97. The Bertz CT molecular complexity index is 371. The number of aliphatic hydroxyl groups excluding tert-OH is 1. The van der Waals surface area contributed by atoms with Gasteiger partial charge in [0.1, 0.15) is 0 Å². The fraction of sp³-hybridized carbons (Fsp3) is 0.786. The van der Waals surface area contributed by atoms with Crippen molar-refractivity contribution in [1.82, 2.24) is 14.7 Å². The van der Waals surface area contributed by atoms with Crippen molar-refractivity contribution in [3.63, 3.8) is 0 Å². The molecular formula is C14H27N3O. The van der Waals surface area contributed by atoms with Gasteiger partial charge >= 0.3 is 0 Å². The van der Waals surface area contributed by atoms with Gasteiger partial charge in [-0.2, -0.15) is 5.10 Å². The van der Waals surface area contributed by atoms with Crippen LogP contribution in [-0.2, 0) is 13.1 Å². The molecule has 0 fully saturated rings. The van der Waals surface area contributed by atoms with Crippen molar-refractivity contribution >= 4 is 0 Å². The van der Waals surface area contributed by atoms with E-state index in [0.29, 0.717) is 6.54 Å². The zero-order chi connectivity index (χ0) is 13.7. The molecule has 0 aromatic carbocycles. The summed E-state index contributed by atoms with van der Waals surface area (Å²) in [6.45, 7) is 11.4. The van der Waals surface area contributed by atoms with Gasteiger partial charge in [0, 0.05) is 17.8 Å². The number of nitrogens with zero attached hydrogens (tertiary/aromatic N) is 3. The molecule has 1 aromatic heterocycles. The molecule has 0 saturated heterocycles. The van der Waals surface area contributed by atoms with E-state index in [4.69, 9.17) is 5.11 Å². The molecule has 0 unspecified atom stereocenters. The molecular weight excluding hydrogens is 226 g/mol. The lowest BCUT2D eigenvalue weighted by atomic mass is 10.1. The third-order valence-corrected chi connectivity index (χ3v) is 3.36. The number of rotatable bonds is 7. The van der Waals surface area contributed by atoms with Crippen LogP contribution in [0.5, 0.6) is 0 Å². The summed E-state index contributed by atoms with van der Waals surface area (Å²) in [5.41, 5.74) is 3.56. The average molecular weight is 253 g/mol. The zero-order valence-corrected chi connectivity index (χ0v) is 12.4. The molecule has 0 bridgehead atoms.